The fourth-order valence-electron chi connectivity index (χ4n) is 7.49. The molecule has 25 heteroatoms. The van der Waals surface area contributed by atoms with Crippen molar-refractivity contribution in [2.75, 3.05) is 12.3 Å². The fraction of sp³-hybridized carbons (Fsp3) is 0.286. The zero-order chi connectivity index (χ0) is 48.1. The highest BCUT2D eigenvalue weighted by atomic mass is 32.2. The number of aliphatic imine (C=N–C) groups is 1. The van der Waals surface area contributed by atoms with Gasteiger partial charge < -0.3 is 30.0 Å². The van der Waals surface area contributed by atoms with Gasteiger partial charge in [0.05, 0.1) is 37.7 Å². The summed E-state index contributed by atoms with van der Waals surface area (Å²) < 4.78 is 18.0. The number of guanidine groups is 1. The van der Waals surface area contributed by atoms with E-state index in [0.29, 0.717) is 42.7 Å². The maximum atomic E-state index is 13.8. The van der Waals surface area contributed by atoms with Gasteiger partial charge >= 0.3 is 18.2 Å². The molecule has 4 atom stereocenters. The van der Waals surface area contributed by atoms with Gasteiger partial charge in [-0.05, 0) is 66.4 Å². The number of nitrogens with two attached hydrogens (primary N) is 1. The number of imidazole rings is 1. The second-order valence-corrected chi connectivity index (χ2v) is 17.3. The molecule has 0 radical (unpaired) electrons. The Kier molecular flexibility index (Phi) is 14.2. The Balaban J connectivity index is 1.05. The van der Waals surface area contributed by atoms with E-state index in [1.54, 1.807) is 16.9 Å². The van der Waals surface area contributed by atoms with Gasteiger partial charge in [0, 0.05) is 66.4 Å². The van der Waals surface area contributed by atoms with Gasteiger partial charge in [-0.3, -0.25) is 39.5 Å². The van der Waals surface area contributed by atoms with Crippen LogP contribution in [0.3, 0.4) is 0 Å². The molecule has 0 unspecified atom stereocenters. The number of esters is 1. The number of benzene rings is 3. The first kappa shape index (κ1) is 47.2. The maximum Gasteiger partial charge on any atom is 0.437 e. The van der Waals surface area contributed by atoms with Gasteiger partial charge in [0.15, 0.2) is 0 Å². The monoisotopic (exact) mass is 957 g/mol. The summed E-state index contributed by atoms with van der Waals surface area (Å²) in [6, 6.07) is 15.6. The van der Waals surface area contributed by atoms with E-state index in [9.17, 15) is 54.6 Å². The molecule has 1 fully saturated rings. The Morgan fingerprint density at radius 3 is 1.93 bits per heavy atom. The Hall–Kier alpha value is -7.77. The third-order valence-electron chi connectivity index (χ3n) is 10.8. The highest BCUT2D eigenvalue weighted by Crippen LogP contribution is 2.52. The van der Waals surface area contributed by atoms with Gasteiger partial charge in [-0.25, -0.2) is 24.3 Å². The van der Waals surface area contributed by atoms with Crippen molar-refractivity contribution in [1.82, 2.24) is 19.2 Å². The molecule has 2 aliphatic rings. The predicted molar refractivity (Wildman–Crippen MR) is 238 cm³/mol. The molecule has 67 heavy (non-hydrogen) atoms. The van der Waals surface area contributed by atoms with Crippen molar-refractivity contribution >= 4 is 80.6 Å². The number of nitro groups is 3. The molecular weight excluding hydrogens is 919 g/mol. The minimum absolute atomic E-state index is 0.0445. The van der Waals surface area contributed by atoms with Gasteiger partial charge in [-0.1, -0.05) is 6.92 Å². The summed E-state index contributed by atoms with van der Waals surface area (Å²) in [6.07, 6.45) is 0.503. The van der Waals surface area contributed by atoms with E-state index >= 15 is 0 Å². The van der Waals surface area contributed by atoms with Crippen molar-refractivity contribution in [3.63, 3.8) is 0 Å². The number of ether oxygens (including phenoxy) is 3. The van der Waals surface area contributed by atoms with Gasteiger partial charge in [-0.2, -0.15) is 0 Å². The Morgan fingerprint density at radius 2 is 1.40 bits per heavy atom. The van der Waals surface area contributed by atoms with E-state index < -0.39 is 62.9 Å². The van der Waals surface area contributed by atoms with Gasteiger partial charge in [0.1, 0.15) is 41.7 Å². The number of hydrogen-bond acceptors (Lipinski definition) is 17. The SMILES string of the molecule is C[C@@H](O)[C@H]1C(=O)N2C(C(=O)OCc3ccc([N+](=O)[O-])cc3)=C(c3cn4cnc(SCCCN(C(=O)OCc5ccc([N+](=O)[O-])cc5)C(N)=NC(=O)OCc5ccc([N+](=O)[O-])cc5)c4s3)[C@H](C)[C@H]12. The number of nitrogens with zero attached hydrogens (tertiary/aromatic N) is 8. The molecule has 2 aliphatic heterocycles. The van der Waals surface area contributed by atoms with Crippen molar-refractivity contribution in [2.24, 2.45) is 22.6 Å². The number of amides is 3. The number of rotatable bonds is 17. The van der Waals surface area contributed by atoms with Crippen LogP contribution in [0.2, 0.25) is 0 Å². The lowest BCUT2D eigenvalue weighted by Crippen LogP contribution is -2.63. The normalized spacial score (nSPS) is 17.1. The van der Waals surface area contributed by atoms with Crippen LogP contribution >= 0.6 is 23.1 Å². The third-order valence-corrected chi connectivity index (χ3v) is 13.2. The Morgan fingerprint density at radius 1 is 0.881 bits per heavy atom. The largest absolute Gasteiger partial charge is 0.456 e. The molecule has 0 saturated carbocycles. The third kappa shape index (κ3) is 10.4. The number of fused-ring (bicyclic) bond motifs is 2. The fourth-order valence-corrected chi connectivity index (χ4v) is 9.72. The first-order valence-electron chi connectivity index (χ1n) is 20.2. The second-order valence-electron chi connectivity index (χ2n) is 15.2. The van der Waals surface area contributed by atoms with Gasteiger partial charge in [0.25, 0.3) is 17.1 Å². The van der Waals surface area contributed by atoms with Crippen LogP contribution in [0.5, 0.6) is 0 Å². The van der Waals surface area contributed by atoms with Crippen LogP contribution < -0.4 is 5.73 Å². The second kappa shape index (κ2) is 20.2. The first-order chi connectivity index (χ1) is 32.0. The van der Waals surface area contributed by atoms with Crippen molar-refractivity contribution in [3.8, 4) is 0 Å². The number of aliphatic hydroxyl groups is 1. The van der Waals surface area contributed by atoms with Crippen LogP contribution in [0, 0.1) is 42.2 Å². The zero-order valence-electron chi connectivity index (χ0n) is 35.4. The highest BCUT2D eigenvalue weighted by molar-refractivity contribution is 7.99. The van der Waals surface area contributed by atoms with E-state index in [0.717, 1.165) is 4.90 Å². The standard InChI is InChI=1S/C42H39N9O14S2/c1-23-32(35(48-34(23)33(24(2)52)37(48)53)39(54)63-19-25-4-10-28(11-5-25)49(57)58)31-18-46-22-44-36(38(46)67-31)66-17-3-16-47(42(56)65-21-27-8-14-30(15-9-27)51(61)62)40(43)45-41(55)64-20-26-6-12-29(13-7-26)50(59)60/h4-15,18,22-24,33-34,52H,3,16-17,19-21H2,1-2H3,(H2,43,45,55)/t23-,24+,33+,34+/m0/s1. The van der Waals surface area contributed by atoms with Gasteiger partial charge in [0.2, 0.25) is 11.9 Å². The number of aliphatic hydroxyl groups excluding tert-OH is 1. The summed E-state index contributed by atoms with van der Waals surface area (Å²) in [5.74, 6) is -2.52. The van der Waals surface area contributed by atoms with Crippen molar-refractivity contribution < 1.29 is 53.3 Å². The zero-order valence-corrected chi connectivity index (χ0v) is 37.0. The van der Waals surface area contributed by atoms with Crippen LogP contribution in [0.1, 0.15) is 41.8 Å². The quantitative estimate of drug-likeness (QED) is 0.0120. The summed E-state index contributed by atoms with van der Waals surface area (Å²) in [6.45, 7) is 2.47. The molecule has 3 aromatic carbocycles. The molecule has 1 saturated heterocycles. The predicted octanol–water partition coefficient (Wildman–Crippen LogP) is 6.20. The first-order valence-corrected chi connectivity index (χ1v) is 22.0. The summed E-state index contributed by atoms with van der Waals surface area (Å²) >= 11 is 2.65. The molecule has 0 bridgehead atoms. The number of non-ortho nitro benzene ring substituents is 3. The molecule has 0 spiro atoms. The van der Waals surface area contributed by atoms with Gasteiger partial charge in [-0.15, -0.1) is 28.1 Å². The summed E-state index contributed by atoms with van der Waals surface area (Å²) in [4.78, 5) is 96.6. The summed E-state index contributed by atoms with van der Waals surface area (Å²) in [7, 11) is 0. The number of aromatic nitrogens is 2. The molecule has 7 rings (SSSR count). The Labute approximate surface area is 386 Å². The van der Waals surface area contributed by atoms with E-state index in [1.165, 1.54) is 108 Å². The van der Waals surface area contributed by atoms with Crippen LogP contribution in [-0.2, 0) is 43.6 Å². The number of carbonyl (C=O) groups is 4. The summed E-state index contributed by atoms with van der Waals surface area (Å²) in [5.41, 5.74) is 7.65. The van der Waals surface area contributed by atoms with Crippen molar-refractivity contribution in [1.29, 1.82) is 0 Å². The topological polar surface area (TPSA) is 308 Å². The highest BCUT2D eigenvalue weighted by Gasteiger charge is 2.60. The Bertz CT molecular complexity index is 2810. The van der Waals surface area contributed by atoms with E-state index in [1.807, 2.05) is 6.92 Å². The number of hydrogen-bond donors (Lipinski definition) is 2. The average Bonchev–Trinajstić information content (AvgIpc) is 3.96. The van der Waals surface area contributed by atoms with Crippen LogP contribution in [0.4, 0.5) is 26.7 Å². The molecule has 0 aliphatic carbocycles. The smallest absolute Gasteiger partial charge is 0.437 e. The lowest BCUT2D eigenvalue weighted by atomic mass is 9.77. The molecule has 3 amide bonds. The molecule has 348 valence electrons. The molecular formula is C42H39N9O14S2. The van der Waals surface area contributed by atoms with Crippen molar-refractivity contribution in [3.05, 3.63) is 143 Å². The molecule has 3 N–H and O–H groups in total. The van der Waals surface area contributed by atoms with Crippen LogP contribution in [0.15, 0.2) is 101 Å². The number of thioether (sulfide) groups is 1. The average molecular weight is 958 g/mol. The van der Waals surface area contributed by atoms with Crippen LogP contribution in [0.25, 0.3) is 10.4 Å². The molecule has 2 aromatic heterocycles. The molecule has 4 heterocycles. The number of nitro benzene ring substituents is 3. The summed E-state index contributed by atoms with van der Waals surface area (Å²) in [5, 5.41) is 44.2. The van der Waals surface area contributed by atoms with E-state index in [-0.39, 0.29) is 61.5 Å². The molecule has 5 aromatic rings. The lowest BCUT2D eigenvalue weighted by molar-refractivity contribution is -0.385. The molecule has 23 nitrogen and oxygen atoms in total. The maximum absolute atomic E-state index is 13.8. The number of thiazole rings is 1. The van der Waals surface area contributed by atoms with Crippen molar-refractivity contribution in [2.45, 2.75) is 57.3 Å². The minimum atomic E-state index is -1.16. The van der Waals surface area contributed by atoms with E-state index in [2.05, 4.69) is 9.98 Å². The number of carbonyl (C=O) groups excluding carboxylic acids is 4. The number of β-lactam (4-membered cyclic amide) rings is 1. The lowest BCUT2D eigenvalue weighted by Gasteiger charge is -2.46. The minimum Gasteiger partial charge on any atom is -0.456 e. The van der Waals surface area contributed by atoms with E-state index in [4.69, 9.17) is 19.9 Å². The van der Waals surface area contributed by atoms with Crippen LogP contribution in [-0.4, -0.2) is 93.5 Å².